The summed E-state index contributed by atoms with van der Waals surface area (Å²) in [7, 11) is 0. The molecule has 0 saturated heterocycles. The highest BCUT2D eigenvalue weighted by molar-refractivity contribution is 5.84. The van der Waals surface area contributed by atoms with Gasteiger partial charge in [-0.05, 0) is 6.42 Å². The van der Waals surface area contributed by atoms with Crippen molar-refractivity contribution in [1.29, 1.82) is 0 Å². The third kappa shape index (κ3) is 4.07. The van der Waals surface area contributed by atoms with Crippen LogP contribution in [0, 0.1) is 11.8 Å². The van der Waals surface area contributed by atoms with E-state index < -0.39 is 17.8 Å². The lowest BCUT2D eigenvalue weighted by molar-refractivity contribution is -0.146. The van der Waals surface area contributed by atoms with E-state index in [9.17, 15) is 9.59 Å². The number of carbonyl (C=O) groups excluding carboxylic acids is 1. The van der Waals surface area contributed by atoms with Crippen molar-refractivity contribution in [2.24, 2.45) is 11.8 Å². The summed E-state index contributed by atoms with van der Waals surface area (Å²) in [6, 6.07) is 0. The van der Waals surface area contributed by atoms with Gasteiger partial charge in [0.25, 0.3) is 0 Å². The van der Waals surface area contributed by atoms with Crippen LogP contribution in [0.4, 0.5) is 0 Å². The molecule has 2 unspecified atom stereocenters. The van der Waals surface area contributed by atoms with E-state index in [4.69, 9.17) is 5.11 Å². The van der Waals surface area contributed by atoms with Gasteiger partial charge in [-0.15, -0.1) is 6.58 Å². The Morgan fingerprint density at radius 3 is 2.43 bits per heavy atom. The van der Waals surface area contributed by atoms with Gasteiger partial charge in [0.15, 0.2) is 0 Å². The monoisotopic (exact) mass is 199 g/mol. The van der Waals surface area contributed by atoms with Crippen LogP contribution in [0.5, 0.6) is 0 Å². The molecular weight excluding hydrogens is 182 g/mol. The van der Waals surface area contributed by atoms with Crippen molar-refractivity contribution in [2.45, 2.75) is 20.3 Å². The van der Waals surface area contributed by atoms with Crippen LogP contribution in [0.25, 0.3) is 0 Å². The van der Waals surface area contributed by atoms with Crippen LogP contribution < -0.4 is 5.32 Å². The molecule has 0 heterocycles. The summed E-state index contributed by atoms with van der Waals surface area (Å²) in [5.41, 5.74) is 0. The number of carbonyl (C=O) groups is 2. The topological polar surface area (TPSA) is 66.4 Å². The third-order valence-corrected chi connectivity index (χ3v) is 2.20. The molecule has 0 aromatic heterocycles. The minimum absolute atomic E-state index is 0.221. The Kier molecular flexibility index (Phi) is 5.60. The fourth-order valence-corrected chi connectivity index (χ4v) is 0.899. The maximum Gasteiger partial charge on any atom is 0.307 e. The fraction of sp³-hybridized carbons (Fsp3) is 0.600. The van der Waals surface area contributed by atoms with E-state index in [1.54, 1.807) is 13.0 Å². The molecule has 4 nitrogen and oxygen atoms in total. The number of hydrogen-bond donors (Lipinski definition) is 2. The fourth-order valence-electron chi connectivity index (χ4n) is 0.899. The van der Waals surface area contributed by atoms with Crippen LogP contribution in [-0.4, -0.2) is 23.5 Å². The van der Waals surface area contributed by atoms with Gasteiger partial charge in [0.1, 0.15) is 0 Å². The molecule has 80 valence electrons. The molecule has 0 aliphatic rings. The highest BCUT2D eigenvalue weighted by Gasteiger charge is 2.25. The Morgan fingerprint density at radius 2 is 2.00 bits per heavy atom. The Bertz CT molecular complexity index is 225. The maximum absolute atomic E-state index is 11.4. The second-order valence-electron chi connectivity index (χ2n) is 3.28. The van der Waals surface area contributed by atoms with E-state index in [0.717, 1.165) is 0 Å². The zero-order valence-corrected chi connectivity index (χ0v) is 8.62. The summed E-state index contributed by atoms with van der Waals surface area (Å²) in [5, 5.41) is 11.3. The molecule has 2 N–H and O–H groups in total. The first-order chi connectivity index (χ1) is 6.50. The molecule has 0 saturated carbocycles. The molecule has 4 heteroatoms. The number of carboxylic acids is 1. The van der Waals surface area contributed by atoms with Gasteiger partial charge in [-0.25, -0.2) is 0 Å². The Labute approximate surface area is 84.0 Å². The highest BCUT2D eigenvalue weighted by atomic mass is 16.4. The smallest absolute Gasteiger partial charge is 0.307 e. The van der Waals surface area contributed by atoms with E-state index in [1.165, 1.54) is 6.92 Å². The van der Waals surface area contributed by atoms with Crippen LogP contribution in [-0.2, 0) is 9.59 Å². The summed E-state index contributed by atoms with van der Waals surface area (Å²) in [5.74, 6) is -2.32. The van der Waals surface area contributed by atoms with Crippen molar-refractivity contribution >= 4 is 11.9 Å². The lowest BCUT2D eigenvalue weighted by Gasteiger charge is -2.15. The Morgan fingerprint density at radius 1 is 1.43 bits per heavy atom. The molecule has 0 aromatic carbocycles. The van der Waals surface area contributed by atoms with Crippen molar-refractivity contribution in [1.82, 2.24) is 5.32 Å². The molecule has 2 atom stereocenters. The summed E-state index contributed by atoms with van der Waals surface area (Å²) in [6.07, 6.45) is 2.39. The van der Waals surface area contributed by atoms with Gasteiger partial charge < -0.3 is 10.4 Å². The molecule has 0 bridgehead atoms. The number of nitrogens with one attached hydrogen (secondary N) is 1. The van der Waals surface area contributed by atoms with Crippen LogP contribution in [0.3, 0.4) is 0 Å². The molecule has 0 spiro atoms. The SMILES string of the molecule is C=CCCNC(=O)C(C)C(C)C(=O)O. The Balaban J connectivity index is 3.98. The number of rotatable bonds is 6. The standard InChI is InChI=1S/C10H17NO3/c1-4-5-6-11-9(12)7(2)8(3)10(13)14/h4,7-8H,1,5-6H2,2-3H3,(H,11,12)(H,13,14). The summed E-state index contributed by atoms with van der Waals surface area (Å²) >= 11 is 0. The summed E-state index contributed by atoms with van der Waals surface area (Å²) < 4.78 is 0. The largest absolute Gasteiger partial charge is 0.481 e. The average molecular weight is 199 g/mol. The zero-order valence-electron chi connectivity index (χ0n) is 8.62. The maximum atomic E-state index is 11.4. The lowest BCUT2D eigenvalue weighted by atomic mass is 9.95. The first kappa shape index (κ1) is 12.7. The van der Waals surface area contributed by atoms with Gasteiger partial charge in [-0.2, -0.15) is 0 Å². The van der Waals surface area contributed by atoms with E-state index in [2.05, 4.69) is 11.9 Å². The minimum Gasteiger partial charge on any atom is -0.481 e. The van der Waals surface area contributed by atoms with Gasteiger partial charge in [-0.3, -0.25) is 9.59 Å². The van der Waals surface area contributed by atoms with E-state index in [-0.39, 0.29) is 5.91 Å². The van der Waals surface area contributed by atoms with E-state index >= 15 is 0 Å². The zero-order chi connectivity index (χ0) is 11.1. The minimum atomic E-state index is -0.948. The lowest BCUT2D eigenvalue weighted by Crippen LogP contribution is -2.35. The molecule has 0 aromatic rings. The Hall–Kier alpha value is -1.32. The van der Waals surface area contributed by atoms with Crippen molar-refractivity contribution in [3.8, 4) is 0 Å². The quantitative estimate of drug-likeness (QED) is 0.496. The first-order valence-corrected chi connectivity index (χ1v) is 4.62. The van der Waals surface area contributed by atoms with Crippen LogP contribution in [0.2, 0.25) is 0 Å². The highest BCUT2D eigenvalue weighted by Crippen LogP contribution is 2.10. The normalized spacial score (nSPS) is 14.1. The average Bonchev–Trinajstić information content (AvgIpc) is 2.15. The van der Waals surface area contributed by atoms with Crippen molar-refractivity contribution in [2.75, 3.05) is 6.54 Å². The molecule has 0 fully saturated rings. The molecule has 0 radical (unpaired) electrons. The number of hydrogen-bond acceptors (Lipinski definition) is 2. The van der Waals surface area contributed by atoms with Crippen LogP contribution in [0.1, 0.15) is 20.3 Å². The molecular formula is C10H17NO3. The molecule has 14 heavy (non-hydrogen) atoms. The molecule has 0 aliphatic carbocycles. The number of carboxylic acid groups (broad SMARTS) is 1. The number of amides is 1. The molecule has 1 amide bonds. The number of aliphatic carboxylic acids is 1. The van der Waals surface area contributed by atoms with Crippen molar-refractivity contribution < 1.29 is 14.7 Å². The molecule has 0 rings (SSSR count). The third-order valence-electron chi connectivity index (χ3n) is 2.20. The van der Waals surface area contributed by atoms with Gasteiger partial charge >= 0.3 is 5.97 Å². The van der Waals surface area contributed by atoms with Gasteiger partial charge in [0.05, 0.1) is 5.92 Å². The van der Waals surface area contributed by atoms with Crippen molar-refractivity contribution in [3.05, 3.63) is 12.7 Å². The van der Waals surface area contributed by atoms with Crippen LogP contribution in [0.15, 0.2) is 12.7 Å². The molecule has 0 aliphatic heterocycles. The van der Waals surface area contributed by atoms with Gasteiger partial charge in [0, 0.05) is 12.5 Å². The van der Waals surface area contributed by atoms with Crippen LogP contribution >= 0.6 is 0 Å². The summed E-state index contributed by atoms with van der Waals surface area (Å²) in [6.45, 7) is 7.17. The van der Waals surface area contributed by atoms with E-state index in [1.807, 2.05) is 0 Å². The summed E-state index contributed by atoms with van der Waals surface area (Å²) in [4.78, 5) is 21.9. The van der Waals surface area contributed by atoms with Gasteiger partial charge in [-0.1, -0.05) is 19.9 Å². The van der Waals surface area contributed by atoms with Gasteiger partial charge in [0.2, 0.25) is 5.91 Å². The predicted octanol–water partition coefficient (Wildman–Crippen LogP) is 1.04. The second-order valence-corrected chi connectivity index (χ2v) is 3.28. The van der Waals surface area contributed by atoms with Crippen molar-refractivity contribution in [3.63, 3.8) is 0 Å². The predicted molar refractivity (Wildman–Crippen MR) is 53.8 cm³/mol. The second kappa shape index (κ2) is 6.18. The first-order valence-electron chi connectivity index (χ1n) is 4.62. The van der Waals surface area contributed by atoms with E-state index in [0.29, 0.717) is 13.0 Å².